The lowest BCUT2D eigenvalue weighted by Crippen LogP contribution is -2.30. The molecule has 1 fully saturated rings. The molecule has 1 heterocycles. The number of carbonyl (C=O) groups is 1. The van der Waals surface area contributed by atoms with Crippen LogP contribution in [0.2, 0.25) is 0 Å². The molecule has 0 aliphatic heterocycles. The van der Waals surface area contributed by atoms with Crippen LogP contribution in [0.1, 0.15) is 18.4 Å². The van der Waals surface area contributed by atoms with Gasteiger partial charge in [-0.1, -0.05) is 0 Å². The first-order valence-electron chi connectivity index (χ1n) is 5.54. The predicted molar refractivity (Wildman–Crippen MR) is 61.0 cm³/mol. The first kappa shape index (κ1) is 11.3. The third-order valence-corrected chi connectivity index (χ3v) is 2.51. The largest absolute Gasteiger partial charge is 0.366 e. The molecule has 0 aromatic carbocycles. The molecule has 1 aromatic rings. The van der Waals surface area contributed by atoms with Gasteiger partial charge in [0.25, 0.3) is 0 Å². The molecule has 88 valence electrons. The summed E-state index contributed by atoms with van der Waals surface area (Å²) in [6.07, 6.45) is 3.47. The molecule has 0 bridgehead atoms. The standard InChI is InChI=1S/C11H13N5O/c12-7-9-3-4-15-16-10(9)13-5-6-14-11(17)8-1-2-8/h3-4,8H,1-2,5-6H2,(H,13,16)(H,14,17). The van der Waals surface area contributed by atoms with Gasteiger partial charge in [-0.15, -0.1) is 5.10 Å². The molecule has 1 amide bonds. The molecule has 0 atom stereocenters. The first-order chi connectivity index (χ1) is 8.31. The topological polar surface area (TPSA) is 90.7 Å². The van der Waals surface area contributed by atoms with E-state index in [0.717, 1.165) is 12.8 Å². The second-order valence-electron chi connectivity index (χ2n) is 3.90. The summed E-state index contributed by atoms with van der Waals surface area (Å²) in [7, 11) is 0. The Balaban J connectivity index is 1.74. The number of amides is 1. The summed E-state index contributed by atoms with van der Waals surface area (Å²) in [6.45, 7) is 1.06. The lowest BCUT2D eigenvalue weighted by atomic mass is 10.3. The molecule has 6 heteroatoms. The van der Waals surface area contributed by atoms with Crippen LogP contribution in [0.25, 0.3) is 0 Å². The van der Waals surface area contributed by atoms with Gasteiger partial charge in [-0.3, -0.25) is 4.79 Å². The highest BCUT2D eigenvalue weighted by Crippen LogP contribution is 2.28. The number of nitrogens with one attached hydrogen (secondary N) is 2. The van der Waals surface area contributed by atoms with Gasteiger partial charge in [0.2, 0.25) is 5.91 Å². The fourth-order valence-electron chi connectivity index (χ4n) is 1.41. The average molecular weight is 231 g/mol. The highest BCUT2D eigenvalue weighted by atomic mass is 16.2. The van der Waals surface area contributed by atoms with Crippen LogP contribution in [-0.4, -0.2) is 29.2 Å². The van der Waals surface area contributed by atoms with Crippen LogP contribution in [0.5, 0.6) is 0 Å². The van der Waals surface area contributed by atoms with Crippen molar-refractivity contribution in [3.63, 3.8) is 0 Å². The summed E-state index contributed by atoms with van der Waals surface area (Å²) in [5.41, 5.74) is 0.452. The maximum Gasteiger partial charge on any atom is 0.223 e. The van der Waals surface area contributed by atoms with Crippen LogP contribution in [0.3, 0.4) is 0 Å². The van der Waals surface area contributed by atoms with Crippen molar-refractivity contribution in [2.24, 2.45) is 5.92 Å². The molecular weight excluding hydrogens is 218 g/mol. The Morgan fingerprint density at radius 2 is 2.35 bits per heavy atom. The van der Waals surface area contributed by atoms with Gasteiger partial charge in [-0.25, -0.2) is 0 Å². The van der Waals surface area contributed by atoms with Gasteiger partial charge in [0.05, 0.1) is 11.8 Å². The van der Waals surface area contributed by atoms with Crippen molar-refractivity contribution in [1.29, 1.82) is 5.26 Å². The van der Waals surface area contributed by atoms with Crippen molar-refractivity contribution in [3.8, 4) is 6.07 Å². The fourth-order valence-corrected chi connectivity index (χ4v) is 1.41. The lowest BCUT2D eigenvalue weighted by molar-refractivity contribution is -0.122. The third kappa shape index (κ3) is 3.14. The van der Waals surface area contributed by atoms with E-state index < -0.39 is 0 Å². The summed E-state index contributed by atoms with van der Waals surface area (Å²) in [5.74, 6) is 0.795. The Kier molecular flexibility index (Phi) is 3.50. The van der Waals surface area contributed by atoms with Crippen LogP contribution in [-0.2, 0) is 4.79 Å². The normalized spacial score (nSPS) is 13.8. The van der Waals surface area contributed by atoms with E-state index in [1.807, 2.05) is 6.07 Å². The Bertz CT molecular complexity index is 449. The van der Waals surface area contributed by atoms with Gasteiger partial charge in [-0.2, -0.15) is 10.4 Å². The van der Waals surface area contributed by atoms with E-state index in [0.29, 0.717) is 24.5 Å². The molecule has 2 rings (SSSR count). The van der Waals surface area contributed by atoms with Gasteiger partial charge < -0.3 is 10.6 Å². The zero-order valence-electron chi connectivity index (χ0n) is 9.31. The predicted octanol–water partition coefficient (Wildman–Crippen LogP) is 0.286. The van der Waals surface area contributed by atoms with Crippen molar-refractivity contribution in [2.45, 2.75) is 12.8 Å². The van der Waals surface area contributed by atoms with Crippen molar-refractivity contribution in [3.05, 3.63) is 17.8 Å². The zero-order chi connectivity index (χ0) is 12.1. The van der Waals surface area contributed by atoms with Gasteiger partial charge in [-0.05, 0) is 18.9 Å². The lowest BCUT2D eigenvalue weighted by Gasteiger charge is -2.07. The van der Waals surface area contributed by atoms with Crippen molar-refractivity contribution in [1.82, 2.24) is 15.5 Å². The molecule has 17 heavy (non-hydrogen) atoms. The second kappa shape index (κ2) is 5.25. The SMILES string of the molecule is N#Cc1ccnnc1NCCNC(=O)C1CC1. The van der Waals surface area contributed by atoms with Crippen molar-refractivity contribution in [2.75, 3.05) is 18.4 Å². The maximum absolute atomic E-state index is 11.3. The van der Waals surface area contributed by atoms with Crippen molar-refractivity contribution < 1.29 is 4.79 Å². The van der Waals surface area contributed by atoms with E-state index in [1.165, 1.54) is 6.20 Å². The first-order valence-corrected chi connectivity index (χ1v) is 5.54. The summed E-state index contributed by atoms with van der Waals surface area (Å²) in [4.78, 5) is 11.3. The Morgan fingerprint density at radius 1 is 1.53 bits per heavy atom. The number of anilines is 1. The maximum atomic E-state index is 11.3. The minimum Gasteiger partial charge on any atom is -0.366 e. The Hall–Kier alpha value is -2.16. The average Bonchev–Trinajstić information content (AvgIpc) is 3.19. The van der Waals surface area contributed by atoms with Gasteiger partial charge in [0.15, 0.2) is 5.82 Å². The number of aromatic nitrogens is 2. The summed E-state index contributed by atoms with van der Waals surface area (Å²) < 4.78 is 0. The highest BCUT2D eigenvalue weighted by molar-refractivity contribution is 5.80. The Morgan fingerprint density at radius 3 is 3.06 bits per heavy atom. The number of carbonyl (C=O) groups excluding carboxylic acids is 1. The summed E-state index contributed by atoms with van der Waals surface area (Å²) in [5, 5.41) is 22.1. The molecule has 1 aliphatic carbocycles. The van der Waals surface area contributed by atoms with Crippen molar-refractivity contribution >= 4 is 11.7 Å². The van der Waals surface area contributed by atoms with E-state index in [1.54, 1.807) is 6.07 Å². The van der Waals surface area contributed by atoms with Gasteiger partial charge >= 0.3 is 0 Å². The van der Waals surface area contributed by atoms with Gasteiger partial charge in [0, 0.05) is 19.0 Å². The molecule has 0 radical (unpaired) electrons. The molecule has 0 unspecified atom stereocenters. The quantitative estimate of drug-likeness (QED) is 0.710. The molecule has 2 N–H and O–H groups in total. The minimum absolute atomic E-state index is 0.117. The number of nitrogens with zero attached hydrogens (tertiary/aromatic N) is 3. The number of hydrogen-bond acceptors (Lipinski definition) is 5. The minimum atomic E-state index is 0.117. The second-order valence-corrected chi connectivity index (χ2v) is 3.90. The van der Waals surface area contributed by atoms with Crippen LogP contribution in [0, 0.1) is 17.2 Å². The van der Waals surface area contributed by atoms with E-state index >= 15 is 0 Å². The summed E-state index contributed by atoms with van der Waals surface area (Å²) in [6, 6.07) is 3.62. The van der Waals surface area contributed by atoms with Crippen LogP contribution in [0.4, 0.5) is 5.82 Å². The van der Waals surface area contributed by atoms with Crippen LogP contribution >= 0.6 is 0 Å². The van der Waals surface area contributed by atoms with E-state index in [4.69, 9.17) is 5.26 Å². The molecule has 6 nitrogen and oxygen atoms in total. The zero-order valence-corrected chi connectivity index (χ0v) is 9.31. The van der Waals surface area contributed by atoms with E-state index in [-0.39, 0.29) is 11.8 Å². The van der Waals surface area contributed by atoms with E-state index in [9.17, 15) is 4.79 Å². The molecule has 1 aromatic heterocycles. The number of rotatable bonds is 5. The summed E-state index contributed by atoms with van der Waals surface area (Å²) >= 11 is 0. The molecule has 0 saturated heterocycles. The van der Waals surface area contributed by atoms with Gasteiger partial charge in [0.1, 0.15) is 6.07 Å². The third-order valence-electron chi connectivity index (χ3n) is 2.51. The molecule has 1 saturated carbocycles. The van der Waals surface area contributed by atoms with Crippen LogP contribution in [0.15, 0.2) is 12.3 Å². The molecule has 1 aliphatic rings. The van der Waals surface area contributed by atoms with Crippen LogP contribution < -0.4 is 10.6 Å². The molecule has 0 spiro atoms. The highest BCUT2D eigenvalue weighted by Gasteiger charge is 2.28. The van der Waals surface area contributed by atoms with E-state index in [2.05, 4.69) is 20.8 Å². The smallest absolute Gasteiger partial charge is 0.223 e. The monoisotopic (exact) mass is 231 g/mol. The number of nitriles is 1. The number of hydrogen-bond donors (Lipinski definition) is 2. The Labute approximate surface area is 99.0 Å². The molecular formula is C11H13N5O. The fraction of sp³-hybridized carbons (Fsp3) is 0.455.